The van der Waals surface area contributed by atoms with Crippen LogP contribution in [0.3, 0.4) is 0 Å². The standard InChI is InChI=1S/C13H16N2O.C10H17N.C2H3F3/c1-3-9(2)13(16)15-11-6-4-5-10-7-8-14-12(10)11;1-5-7-8-9-10(3)11(4)6-2;1-2(3,4)5/h4-9,14H,3H2,1-2H3,(H,15,16);5,7-9H,1,6H2,2-4H3;1H3/b;8-7-,10-9+;. The van der Waals surface area contributed by atoms with Crippen LogP contribution in [-0.2, 0) is 4.79 Å². The Morgan fingerprint density at radius 2 is 1.88 bits per heavy atom. The first kappa shape index (κ1) is 29.0. The molecule has 0 saturated heterocycles. The van der Waals surface area contributed by atoms with Gasteiger partial charge in [-0.25, -0.2) is 0 Å². The molecule has 1 unspecified atom stereocenters. The Bertz CT molecular complexity index is 876. The van der Waals surface area contributed by atoms with Gasteiger partial charge in [-0.1, -0.05) is 50.8 Å². The fourth-order valence-corrected chi connectivity index (χ4v) is 2.28. The Labute approximate surface area is 189 Å². The molecule has 2 rings (SSSR count). The normalized spacial score (nSPS) is 12.3. The summed E-state index contributed by atoms with van der Waals surface area (Å²) >= 11 is 0. The third kappa shape index (κ3) is 12.7. The minimum Gasteiger partial charge on any atom is -0.378 e. The van der Waals surface area contributed by atoms with Gasteiger partial charge in [0.15, 0.2) is 0 Å². The second-order valence-corrected chi connectivity index (χ2v) is 7.27. The van der Waals surface area contributed by atoms with Crippen LogP contribution in [0.4, 0.5) is 18.9 Å². The van der Waals surface area contributed by atoms with Crippen molar-refractivity contribution in [3.8, 4) is 0 Å². The predicted molar refractivity (Wildman–Crippen MR) is 130 cm³/mol. The summed E-state index contributed by atoms with van der Waals surface area (Å²) in [6.07, 6.45) is 6.50. The van der Waals surface area contributed by atoms with E-state index in [1.807, 2.05) is 56.5 Å². The summed E-state index contributed by atoms with van der Waals surface area (Å²) in [5.41, 5.74) is 3.11. The number of aromatic amines is 1. The second-order valence-electron chi connectivity index (χ2n) is 7.27. The maximum Gasteiger partial charge on any atom is 0.386 e. The summed E-state index contributed by atoms with van der Waals surface area (Å²) in [4.78, 5) is 17.1. The predicted octanol–water partition coefficient (Wildman–Crippen LogP) is 7.31. The summed E-state index contributed by atoms with van der Waals surface area (Å²) in [6.45, 7) is 13.0. The quantitative estimate of drug-likeness (QED) is 0.434. The molecule has 7 heteroatoms. The van der Waals surface area contributed by atoms with Crippen LogP contribution in [0, 0.1) is 5.92 Å². The minimum atomic E-state index is -4.00. The Morgan fingerprint density at radius 3 is 2.41 bits per heavy atom. The van der Waals surface area contributed by atoms with Gasteiger partial charge in [0.25, 0.3) is 0 Å². The number of fused-ring (bicyclic) bond motifs is 1. The molecule has 1 atom stereocenters. The molecule has 0 bridgehead atoms. The van der Waals surface area contributed by atoms with E-state index < -0.39 is 6.18 Å². The van der Waals surface area contributed by atoms with Crippen LogP contribution < -0.4 is 5.32 Å². The fourth-order valence-electron chi connectivity index (χ4n) is 2.28. The van der Waals surface area contributed by atoms with E-state index in [1.165, 1.54) is 5.70 Å². The van der Waals surface area contributed by atoms with Crippen molar-refractivity contribution in [2.45, 2.75) is 47.2 Å². The van der Waals surface area contributed by atoms with Crippen LogP contribution in [0.1, 0.15) is 41.0 Å². The van der Waals surface area contributed by atoms with Crippen molar-refractivity contribution in [3.05, 3.63) is 67.0 Å². The van der Waals surface area contributed by atoms with Crippen molar-refractivity contribution in [1.82, 2.24) is 9.88 Å². The molecule has 0 saturated carbocycles. The largest absolute Gasteiger partial charge is 0.386 e. The van der Waals surface area contributed by atoms with E-state index in [9.17, 15) is 18.0 Å². The van der Waals surface area contributed by atoms with E-state index in [-0.39, 0.29) is 18.7 Å². The number of amides is 1. The average Bonchev–Trinajstić information content (AvgIpc) is 3.21. The van der Waals surface area contributed by atoms with Crippen molar-refractivity contribution in [2.24, 2.45) is 5.92 Å². The van der Waals surface area contributed by atoms with Gasteiger partial charge in [0.1, 0.15) is 0 Å². The second kappa shape index (κ2) is 14.9. The van der Waals surface area contributed by atoms with Crippen LogP contribution in [0.15, 0.2) is 67.0 Å². The molecule has 1 amide bonds. The zero-order chi connectivity index (χ0) is 24.7. The number of rotatable bonds is 7. The molecular weight excluding hydrogens is 415 g/mol. The number of hydrogen-bond donors (Lipinski definition) is 2. The van der Waals surface area contributed by atoms with Crippen molar-refractivity contribution in [1.29, 1.82) is 0 Å². The summed E-state index contributed by atoms with van der Waals surface area (Å²) in [7, 11) is 2.08. The molecule has 0 aliphatic carbocycles. The topological polar surface area (TPSA) is 48.1 Å². The lowest BCUT2D eigenvalue weighted by Crippen LogP contribution is -2.19. The first-order valence-corrected chi connectivity index (χ1v) is 10.5. The molecule has 4 nitrogen and oxygen atoms in total. The van der Waals surface area contributed by atoms with Gasteiger partial charge in [0.05, 0.1) is 11.2 Å². The first-order chi connectivity index (χ1) is 14.9. The Morgan fingerprint density at radius 1 is 1.25 bits per heavy atom. The Hall–Kier alpha value is -2.96. The Balaban J connectivity index is 0.000000523. The average molecular weight is 452 g/mol. The highest BCUT2D eigenvalue weighted by Crippen LogP contribution is 2.22. The maximum absolute atomic E-state index is 11.8. The molecule has 1 heterocycles. The highest BCUT2D eigenvalue weighted by atomic mass is 19.4. The van der Waals surface area contributed by atoms with E-state index in [4.69, 9.17) is 0 Å². The highest BCUT2D eigenvalue weighted by Gasteiger charge is 2.15. The van der Waals surface area contributed by atoms with Gasteiger partial charge < -0.3 is 15.2 Å². The number of carbonyl (C=O) groups excluding carboxylic acids is 1. The SMILES string of the molecule is C=C/C=C\C=C(/C)N(C)CC.CC(F)(F)F.CCC(C)C(=O)Nc1cccc2cc[nH]c12. The number of anilines is 1. The van der Waals surface area contributed by atoms with Crippen LogP contribution in [0.25, 0.3) is 10.9 Å². The lowest BCUT2D eigenvalue weighted by molar-refractivity contribution is -0.119. The van der Waals surface area contributed by atoms with E-state index in [1.54, 1.807) is 6.08 Å². The van der Waals surface area contributed by atoms with Gasteiger partial charge in [0, 0.05) is 43.7 Å². The van der Waals surface area contributed by atoms with E-state index in [0.29, 0.717) is 0 Å². The van der Waals surface area contributed by atoms with Crippen LogP contribution in [0.2, 0.25) is 0 Å². The van der Waals surface area contributed by atoms with Crippen LogP contribution in [0.5, 0.6) is 0 Å². The number of para-hydroxylation sites is 1. The van der Waals surface area contributed by atoms with Gasteiger partial charge in [0.2, 0.25) is 5.91 Å². The molecule has 0 aliphatic rings. The first-order valence-electron chi connectivity index (χ1n) is 10.5. The zero-order valence-corrected chi connectivity index (χ0v) is 19.9. The number of halogens is 3. The van der Waals surface area contributed by atoms with Gasteiger partial charge >= 0.3 is 6.18 Å². The number of H-pyrrole nitrogens is 1. The summed E-state index contributed by atoms with van der Waals surface area (Å²) in [5.74, 6) is 0.120. The number of nitrogens with zero attached hydrogens (tertiary/aromatic N) is 1. The number of allylic oxidation sites excluding steroid dienone is 5. The fraction of sp³-hybridized carbons (Fsp3) is 0.400. The molecule has 32 heavy (non-hydrogen) atoms. The molecule has 0 aliphatic heterocycles. The molecule has 1 aromatic carbocycles. The van der Waals surface area contributed by atoms with Crippen LogP contribution in [-0.4, -0.2) is 35.6 Å². The Kier molecular flexibility index (Phi) is 13.6. The maximum atomic E-state index is 11.8. The van der Waals surface area contributed by atoms with Crippen LogP contribution >= 0.6 is 0 Å². The van der Waals surface area contributed by atoms with Gasteiger partial charge in [-0.15, -0.1) is 0 Å². The lowest BCUT2D eigenvalue weighted by atomic mass is 10.1. The number of alkyl halides is 3. The molecule has 2 aromatic rings. The smallest absolute Gasteiger partial charge is 0.378 e. The van der Waals surface area contributed by atoms with E-state index >= 15 is 0 Å². The number of hydrogen-bond acceptors (Lipinski definition) is 2. The minimum absolute atomic E-state index is 0.0465. The molecule has 1 aromatic heterocycles. The molecule has 2 N–H and O–H groups in total. The molecule has 0 fully saturated rings. The third-order valence-electron chi connectivity index (χ3n) is 4.57. The number of aromatic nitrogens is 1. The molecule has 0 radical (unpaired) electrons. The lowest BCUT2D eigenvalue weighted by Gasteiger charge is -2.16. The highest BCUT2D eigenvalue weighted by molar-refractivity contribution is 6.01. The summed E-state index contributed by atoms with van der Waals surface area (Å²) in [6, 6.07) is 7.88. The van der Waals surface area contributed by atoms with E-state index in [0.717, 1.165) is 29.6 Å². The monoisotopic (exact) mass is 451 g/mol. The third-order valence-corrected chi connectivity index (χ3v) is 4.57. The molecular formula is C25H36F3N3O. The van der Waals surface area contributed by atoms with Crippen molar-refractivity contribution >= 4 is 22.5 Å². The van der Waals surface area contributed by atoms with Crippen molar-refractivity contribution in [3.63, 3.8) is 0 Å². The number of benzene rings is 1. The van der Waals surface area contributed by atoms with Crippen molar-refractivity contribution in [2.75, 3.05) is 18.9 Å². The van der Waals surface area contributed by atoms with E-state index in [2.05, 4.69) is 48.8 Å². The van der Waals surface area contributed by atoms with Crippen molar-refractivity contribution < 1.29 is 18.0 Å². The molecule has 178 valence electrons. The van der Waals surface area contributed by atoms with Gasteiger partial charge in [-0.2, -0.15) is 13.2 Å². The summed E-state index contributed by atoms with van der Waals surface area (Å²) in [5, 5.41) is 4.06. The van der Waals surface area contributed by atoms with Gasteiger partial charge in [-0.05, 0) is 38.5 Å². The number of carbonyl (C=O) groups is 1. The zero-order valence-electron chi connectivity index (χ0n) is 19.9. The summed E-state index contributed by atoms with van der Waals surface area (Å²) < 4.78 is 31.1. The van der Waals surface area contributed by atoms with Gasteiger partial charge in [-0.3, -0.25) is 4.79 Å². The molecule has 0 spiro atoms. The number of nitrogens with one attached hydrogen (secondary N) is 2.